The van der Waals surface area contributed by atoms with Gasteiger partial charge < -0.3 is 9.67 Å². The average Bonchev–Trinajstić information content (AvgIpc) is 2.75. The van der Waals surface area contributed by atoms with Crippen LogP contribution in [0.4, 0.5) is 0 Å². The van der Waals surface area contributed by atoms with E-state index in [1.54, 1.807) is 11.6 Å². The number of aromatic carboxylic acids is 1. The minimum Gasteiger partial charge on any atom is -0.477 e. The highest BCUT2D eigenvalue weighted by molar-refractivity contribution is 7.03. The van der Waals surface area contributed by atoms with Crippen LogP contribution < -0.4 is 0 Å². The van der Waals surface area contributed by atoms with Crippen molar-refractivity contribution >= 4 is 29.1 Å². The number of halogens is 1. The molecule has 7 heteroatoms. The SMILES string of the molecule is O=C(O)c1cc(Cl)cn1Cc1csnn1. The van der Waals surface area contributed by atoms with Crippen LogP contribution in [0.3, 0.4) is 0 Å². The van der Waals surface area contributed by atoms with Gasteiger partial charge in [0.1, 0.15) is 5.69 Å². The van der Waals surface area contributed by atoms with E-state index < -0.39 is 5.97 Å². The maximum atomic E-state index is 10.9. The molecule has 0 spiro atoms. The molecule has 2 aromatic rings. The largest absolute Gasteiger partial charge is 0.477 e. The van der Waals surface area contributed by atoms with Crippen molar-refractivity contribution in [3.8, 4) is 0 Å². The molecule has 0 unspecified atom stereocenters. The third-order valence-corrected chi connectivity index (χ3v) is 2.58. The summed E-state index contributed by atoms with van der Waals surface area (Å²) in [7, 11) is 0. The number of hydrogen-bond acceptors (Lipinski definition) is 4. The van der Waals surface area contributed by atoms with E-state index in [1.165, 1.54) is 22.2 Å². The minimum absolute atomic E-state index is 0.146. The highest BCUT2D eigenvalue weighted by Gasteiger charge is 2.12. The molecule has 0 aromatic carbocycles. The molecule has 1 N–H and O–H groups in total. The molecular weight excluding hydrogens is 238 g/mol. The number of nitrogens with zero attached hydrogens (tertiary/aromatic N) is 3. The Kier molecular flexibility index (Phi) is 2.70. The van der Waals surface area contributed by atoms with Crippen molar-refractivity contribution in [2.45, 2.75) is 6.54 Å². The summed E-state index contributed by atoms with van der Waals surface area (Å²) in [6, 6.07) is 1.41. The van der Waals surface area contributed by atoms with Gasteiger partial charge in [-0.05, 0) is 17.6 Å². The summed E-state index contributed by atoms with van der Waals surface area (Å²) in [4.78, 5) is 10.9. The van der Waals surface area contributed by atoms with Crippen molar-refractivity contribution in [3.63, 3.8) is 0 Å². The second-order valence-electron chi connectivity index (χ2n) is 2.87. The molecule has 0 aliphatic carbocycles. The van der Waals surface area contributed by atoms with Gasteiger partial charge in [0.2, 0.25) is 0 Å². The van der Waals surface area contributed by atoms with Crippen LogP contribution in [0.1, 0.15) is 16.2 Å². The zero-order valence-electron chi connectivity index (χ0n) is 7.42. The van der Waals surface area contributed by atoms with Crippen LogP contribution in [0.25, 0.3) is 0 Å². The maximum Gasteiger partial charge on any atom is 0.352 e. The van der Waals surface area contributed by atoms with Crippen molar-refractivity contribution in [1.82, 2.24) is 14.2 Å². The summed E-state index contributed by atoms with van der Waals surface area (Å²) in [5.41, 5.74) is 0.864. The summed E-state index contributed by atoms with van der Waals surface area (Å²) in [6.07, 6.45) is 1.56. The lowest BCUT2D eigenvalue weighted by Gasteiger charge is -2.01. The number of hydrogen-bond donors (Lipinski definition) is 1. The molecule has 0 fully saturated rings. The molecule has 0 saturated heterocycles. The summed E-state index contributed by atoms with van der Waals surface area (Å²) in [5, 5.41) is 14.9. The number of rotatable bonds is 3. The van der Waals surface area contributed by atoms with Gasteiger partial charge in [-0.2, -0.15) is 0 Å². The minimum atomic E-state index is -1.01. The highest BCUT2D eigenvalue weighted by Crippen LogP contribution is 2.15. The first kappa shape index (κ1) is 10.1. The number of carbonyl (C=O) groups is 1. The first-order valence-corrected chi connectivity index (χ1v) is 5.23. The van der Waals surface area contributed by atoms with Crippen molar-refractivity contribution in [2.75, 3.05) is 0 Å². The van der Waals surface area contributed by atoms with Crippen molar-refractivity contribution in [1.29, 1.82) is 0 Å². The summed E-state index contributed by atoms with van der Waals surface area (Å²) >= 11 is 6.96. The smallest absolute Gasteiger partial charge is 0.352 e. The molecule has 0 aliphatic heterocycles. The lowest BCUT2D eigenvalue weighted by Crippen LogP contribution is -2.08. The second kappa shape index (κ2) is 4.00. The van der Waals surface area contributed by atoms with Crippen molar-refractivity contribution in [2.24, 2.45) is 0 Å². The van der Waals surface area contributed by atoms with Gasteiger partial charge in [0.15, 0.2) is 0 Å². The molecule has 0 bridgehead atoms. The van der Waals surface area contributed by atoms with E-state index in [2.05, 4.69) is 9.59 Å². The molecule has 0 radical (unpaired) electrons. The van der Waals surface area contributed by atoms with Gasteiger partial charge in [0.05, 0.1) is 17.3 Å². The van der Waals surface area contributed by atoms with E-state index in [9.17, 15) is 4.79 Å². The fourth-order valence-electron chi connectivity index (χ4n) is 1.21. The van der Waals surface area contributed by atoms with Crippen LogP contribution >= 0.6 is 23.1 Å². The van der Waals surface area contributed by atoms with Crippen LogP contribution in [0.15, 0.2) is 17.6 Å². The van der Waals surface area contributed by atoms with Gasteiger partial charge in [-0.3, -0.25) is 0 Å². The topological polar surface area (TPSA) is 68.0 Å². The van der Waals surface area contributed by atoms with Crippen LogP contribution in [-0.2, 0) is 6.54 Å². The van der Waals surface area contributed by atoms with Gasteiger partial charge in [-0.15, -0.1) is 5.10 Å². The lowest BCUT2D eigenvalue weighted by atomic mass is 10.4. The van der Waals surface area contributed by atoms with Gasteiger partial charge in [-0.1, -0.05) is 16.1 Å². The number of aromatic nitrogens is 3. The molecule has 78 valence electrons. The van der Waals surface area contributed by atoms with E-state index >= 15 is 0 Å². The Labute approximate surface area is 94.1 Å². The molecule has 15 heavy (non-hydrogen) atoms. The predicted molar refractivity (Wildman–Crippen MR) is 55.4 cm³/mol. The summed E-state index contributed by atoms with van der Waals surface area (Å²) in [5.74, 6) is -1.01. The van der Waals surface area contributed by atoms with Crippen molar-refractivity contribution < 1.29 is 9.90 Å². The fraction of sp³-hybridized carbons (Fsp3) is 0.125. The Morgan fingerprint density at radius 2 is 2.47 bits per heavy atom. The van der Waals surface area contributed by atoms with Gasteiger partial charge in [0, 0.05) is 11.6 Å². The number of carboxylic acids is 1. The predicted octanol–water partition coefficient (Wildman–Crippen LogP) is 1.74. The standard InChI is InChI=1S/C8H6ClN3O2S/c9-5-1-7(8(13)14)12(2-5)3-6-4-15-11-10-6/h1-2,4H,3H2,(H,13,14). The number of carboxylic acid groups (broad SMARTS) is 1. The molecule has 0 aliphatic rings. The third kappa shape index (κ3) is 2.16. The average molecular weight is 244 g/mol. The van der Waals surface area contributed by atoms with Gasteiger partial charge >= 0.3 is 5.97 Å². The molecule has 5 nitrogen and oxygen atoms in total. The monoisotopic (exact) mass is 243 g/mol. The molecule has 0 amide bonds. The van der Waals surface area contributed by atoms with E-state index in [1.807, 2.05) is 0 Å². The Hall–Kier alpha value is -1.40. The normalized spacial score (nSPS) is 10.5. The maximum absolute atomic E-state index is 10.9. The molecule has 0 atom stereocenters. The summed E-state index contributed by atoms with van der Waals surface area (Å²) < 4.78 is 5.23. The zero-order valence-corrected chi connectivity index (χ0v) is 8.99. The molecule has 2 rings (SSSR count). The van der Waals surface area contributed by atoms with Gasteiger partial charge in [-0.25, -0.2) is 4.79 Å². The molecule has 2 aromatic heterocycles. The Balaban J connectivity index is 2.31. The summed E-state index contributed by atoms with van der Waals surface area (Å²) in [6.45, 7) is 0.366. The highest BCUT2D eigenvalue weighted by atomic mass is 35.5. The van der Waals surface area contributed by atoms with E-state index in [-0.39, 0.29) is 5.69 Å². The Morgan fingerprint density at radius 1 is 1.67 bits per heavy atom. The first-order valence-electron chi connectivity index (χ1n) is 4.01. The van der Waals surface area contributed by atoms with E-state index in [0.29, 0.717) is 11.6 Å². The Bertz CT molecular complexity index is 480. The fourth-order valence-corrected chi connectivity index (χ4v) is 1.88. The zero-order chi connectivity index (χ0) is 10.8. The van der Waals surface area contributed by atoms with Gasteiger partial charge in [0.25, 0.3) is 0 Å². The van der Waals surface area contributed by atoms with Crippen molar-refractivity contribution in [3.05, 3.63) is 34.1 Å². The third-order valence-electron chi connectivity index (χ3n) is 1.82. The first-order chi connectivity index (χ1) is 7.16. The van der Waals surface area contributed by atoms with Crippen LogP contribution in [0.5, 0.6) is 0 Å². The quantitative estimate of drug-likeness (QED) is 0.892. The van der Waals surface area contributed by atoms with Crippen LogP contribution in [0.2, 0.25) is 5.02 Å². The van der Waals surface area contributed by atoms with E-state index in [0.717, 1.165) is 5.69 Å². The molecule has 0 saturated carbocycles. The Morgan fingerprint density at radius 3 is 3.07 bits per heavy atom. The lowest BCUT2D eigenvalue weighted by molar-refractivity contribution is 0.0685. The van der Waals surface area contributed by atoms with E-state index in [4.69, 9.17) is 16.7 Å². The van der Waals surface area contributed by atoms with Crippen LogP contribution in [0, 0.1) is 0 Å². The molecule has 2 heterocycles. The second-order valence-corrected chi connectivity index (χ2v) is 3.92. The molecular formula is C8H6ClN3O2S. The van der Waals surface area contributed by atoms with Crippen LogP contribution in [-0.4, -0.2) is 25.2 Å².